The number of rotatable bonds is 4. The van der Waals surface area contributed by atoms with Crippen LogP contribution >= 0.6 is 0 Å². The van der Waals surface area contributed by atoms with Crippen molar-refractivity contribution in [2.45, 2.75) is 44.8 Å². The van der Waals surface area contributed by atoms with E-state index in [9.17, 15) is 0 Å². The van der Waals surface area contributed by atoms with Gasteiger partial charge in [-0.05, 0) is 30.9 Å². The fourth-order valence-electron chi connectivity index (χ4n) is 4.60. The summed E-state index contributed by atoms with van der Waals surface area (Å²) in [5.74, 6) is 1.19. The van der Waals surface area contributed by atoms with Gasteiger partial charge >= 0.3 is 0 Å². The molecule has 0 atom stereocenters. The topological polar surface area (TPSA) is 48.4 Å². The maximum Gasteiger partial charge on any atom is 0.135 e. The number of pyridine rings is 1. The molecule has 142 valence electrons. The monoisotopic (exact) mass is 364 g/mol. The number of aromatic nitrogens is 3. The van der Waals surface area contributed by atoms with E-state index >= 15 is 0 Å². The molecule has 1 saturated heterocycles. The second-order valence-electron chi connectivity index (χ2n) is 8.05. The molecule has 0 bridgehead atoms. The van der Waals surface area contributed by atoms with Crippen LogP contribution in [-0.2, 0) is 19.5 Å². The second-order valence-corrected chi connectivity index (χ2v) is 8.05. The van der Waals surface area contributed by atoms with Crippen LogP contribution in [0.4, 0.5) is 5.82 Å². The summed E-state index contributed by atoms with van der Waals surface area (Å²) in [6.07, 6.45) is 10.8. The van der Waals surface area contributed by atoms with Crippen molar-refractivity contribution >= 4 is 5.82 Å². The summed E-state index contributed by atoms with van der Waals surface area (Å²) in [5, 5.41) is 0. The Bertz CT molecular complexity index is 767. The lowest BCUT2D eigenvalue weighted by Crippen LogP contribution is -2.52. The van der Waals surface area contributed by atoms with Crippen molar-refractivity contribution in [1.82, 2.24) is 24.8 Å². The molecule has 4 heterocycles. The fraction of sp³-hybridized carbons (Fsp3) is 0.571. The van der Waals surface area contributed by atoms with Gasteiger partial charge in [0.15, 0.2) is 0 Å². The van der Waals surface area contributed by atoms with Gasteiger partial charge in [-0.15, -0.1) is 0 Å². The molecule has 2 fully saturated rings. The predicted molar refractivity (Wildman–Crippen MR) is 106 cm³/mol. The largest absolute Gasteiger partial charge is 0.354 e. The zero-order valence-corrected chi connectivity index (χ0v) is 15.9. The fourth-order valence-corrected chi connectivity index (χ4v) is 4.60. The Morgan fingerprint density at radius 2 is 1.93 bits per heavy atom. The van der Waals surface area contributed by atoms with Gasteiger partial charge in [-0.1, -0.05) is 12.5 Å². The van der Waals surface area contributed by atoms with E-state index in [1.807, 2.05) is 18.5 Å². The van der Waals surface area contributed by atoms with Crippen LogP contribution in [0.3, 0.4) is 0 Å². The highest BCUT2D eigenvalue weighted by atomic mass is 15.3. The molecule has 6 nitrogen and oxygen atoms in total. The lowest BCUT2D eigenvalue weighted by molar-refractivity contribution is 0.120. The van der Waals surface area contributed by atoms with Crippen LogP contribution in [0.15, 0.2) is 30.9 Å². The molecule has 2 aromatic rings. The SMILES string of the molecule is c1cncc(CN2CCc3c(ncnc3N3CCN(C4CCC4)CC3)C2)c1. The first-order valence-corrected chi connectivity index (χ1v) is 10.3. The van der Waals surface area contributed by atoms with Gasteiger partial charge < -0.3 is 4.90 Å². The molecule has 6 heteroatoms. The third-order valence-corrected chi connectivity index (χ3v) is 6.40. The van der Waals surface area contributed by atoms with E-state index in [-0.39, 0.29) is 0 Å². The summed E-state index contributed by atoms with van der Waals surface area (Å²) in [5.41, 5.74) is 3.84. The van der Waals surface area contributed by atoms with E-state index in [1.165, 1.54) is 55.0 Å². The average Bonchev–Trinajstić information content (AvgIpc) is 2.67. The maximum absolute atomic E-state index is 4.70. The summed E-state index contributed by atoms with van der Waals surface area (Å²) >= 11 is 0. The number of hydrogen-bond acceptors (Lipinski definition) is 6. The van der Waals surface area contributed by atoms with Gasteiger partial charge in [0.05, 0.1) is 5.69 Å². The lowest BCUT2D eigenvalue weighted by Gasteiger charge is -2.43. The minimum atomic E-state index is 0.854. The normalized spacial score (nSPS) is 21.7. The molecular weight excluding hydrogens is 336 g/mol. The molecule has 1 aliphatic carbocycles. The van der Waals surface area contributed by atoms with Crippen molar-refractivity contribution in [3.8, 4) is 0 Å². The van der Waals surface area contributed by atoms with Crippen molar-refractivity contribution in [2.75, 3.05) is 37.6 Å². The molecule has 2 aromatic heterocycles. The molecule has 5 rings (SSSR count). The van der Waals surface area contributed by atoms with Crippen LogP contribution in [0.2, 0.25) is 0 Å². The smallest absolute Gasteiger partial charge is 0.135 e. The molecule has 3 aliphatic rings. The minimum Gasteiger partial charge on any atom is -0.354 e. The lowest BCUT2D eigenvalue weighted by atomic mass is 9.91. The predicted octanol–water partition coefficient (Wildman–Crippen LogP) is 2.10. The van der Waals surface area contributed by atoms with Gasteiger partial charge in [0.2, 0.25) is 0 Å². The molecule has 27 heavy (non-hydrogen) atoms. The molecule has 0 unspecified atom stereocenters. The first kappa shape index (κ1) is 17.1. The molecule has 0 spiro atoms. The van der Waals surface area contributed by atoms with Crippen LogP contribution in [0.1, 0.15) is 36.1 Å². The summed E-state index contributed by atoms with van der Waals surface area (Å²) in [4.78, 5) is 21.2. The molecule has 0 amide bonds. The van der Waals surface area contributed by atoms with Crippen LogP contribution < -0.4 is 4.90 Å². The second kappa shape index (κ2) is 7.52. The van der Waals surface area contributed by atoms with Crippen molar-refractivity contribution in [3.05, 3.63) is 47.7 Å². The standard InChI is InChI=1S/C21H28N6/c1-4-18(5-1)26-9-11-27(12-10-26)21-19-6-8-25(15-20(19)23-16-24-21)14-17-3-2-7-22-13-17/h2-3,7,13,16,18H,1,4-6,8-12,14-15H2. The summed E-state index contributed by atoms with van der Waals surface area (Å²) < 4.78 is 0. The molecule has 0 radical (unpaired) electrons. The van der Waals surface area contributed by atoms with Crippen molar-refractivity contribution in [2.24, 2.45) is 0 Å². The first-order chi connectivity index (χ1) is 13.4. The summed E-state index contributed by atoms with van der Waals surface area (Å²) in [6.45, 7) is 7.45. The van der Waals surface area contributed by atoms with E-state index in [1.54, 1.807) is 6.33 Å². The highest BCUT2D eigenvalue weighted by molar-refractivity contribution is 5.50. The average molecular weight is 364 g/mol. The summed E-state index contributed by atoms with van der Waals surface area (Å²) in [6, 6.07) is 5.01. The van der Waals surface area contributed by atoms with Gasteiger partial charge in [-0.2, -0.15) is 0 Å². The highest BCUT2D eigenvalue weighted by Crippen LogP contribution is 2.29. The van der Waals surface area contributed by atoms with Crippen molar-refractivity contribution < 1.29 is 0 Å². The van der Waals surface area contributed by atoms with E-state index in [4.69, 9.17) is 4.98 Å². The highest BCUT2D eigenvalue weighted by Gasteiger charge is 2.30. The molecule has 2 aliphatic heterocycles. The van der Waals surface area contributed by atoms with E-state index < -0.39 is 0 Å². The number of fused-ring (bicyclic) bond motifs is 1. The van der Waals surface area contributed by atoms with Gasteiger partial charge in [-0.3, -0.25) is 14.8 Å². The van der Waals surface area contributed by atoms with Gasteiger partial charge in [0.25, 0.3) is 0 Å². The van der Waals surface area contributed by atoms with Crippen LogP contribution in [0, 0.1) is 0 Å². The Morgan fingerprint density at radius 1 is 1.04 bits per heavy atom. The van der Waals surface area contributed by atoms with Crippen molar-refractivity contribution in [1.29, 1.82) is 0 Å². The van der Waals surface area contributed by atoms with Gasteiger partial charge in [0.1, 0.15) is 12.1 Å². The van der Waals surface area contributed by atoms with Crippen LogP contribution in [0.25, 0.3) is 0 Å². The third kappa shape index (κ3) is 3.56. The van der Waals surface area contributed by atoms with Crippen LogP contribution in [-0.4, -0.2) is 63.5 Å². The van der Waals surface area contributed by atoms with E-state index in [2.05, 4.69) is 30.7 Å². The van der Waals surface area contributed by atoms with E-state index in [0.29, 0.717) is 0 Å². The zero-order valence-electron chi connectivity index (χ0n) is 15.9. The molecule has 0 aromatic carbocycles. The van der Waals surface area contributed by atoms with Gasteiger partial charge in [0, 0.05) is 69.8 Å². The maximum atomic E-state index is 4.70. The quantitative estimate of drug-likeness (QED) is 0.828. The number of anilines is 1. The molecular formula is C21H28N6. The molecule has 0 N–H and O–H groups in total. The Hall–Kier alpha value is -2.05. The number of piperazine rings is 1. The third-order valence-electron chi connectivity index (χ3n) is 6.40. The van der Waals surface area contributed by atoms with Crippen molar-refractivity contribution in [3.63, 3.8) is 0 Å². The number of hydrogen-bond donors (Lipinski definition) is 0. The Labute approximate surface area is 161 Å². The number of nitrogens with zero attached hydrogens (tertiary/aromatic N) is 6. The summed E-state index contributed by atoms with van der Waals surface area (Å²) in [7, 11) is 0. The Balaban J connectivity index is 1.26. The van der Waals surface area contributed by atoms with Crippen LogP contribution in [0.5, 0.6) is 0 Å². The Morgan fingerprint density at radius 3 is 2.67 bits per heavy atom. The molecule has 1 saturated carbocycles. The minimum absolute atomic E-state index is 0.854. The van der Waals surface area contributed by atoms with E-state index in [0.717, 1.165) is 45.2 Å². The first-order valence-electron chi connectivity index (χ1n) is 10.3. The Kier molecular flexibility index (Phi) is 4.76. The van der Waals surface area contributed by atoms with Gasteiger partial charge in [-0.25, -0.2) is 9.97 Å². The zero-order chi connectivity index (χ0) is 18.1.